The maximum atomic E-state index is 14.4. The summed E-state index contributed by atoms with van der Waals surface area (Å²) in [4.78, 5) is 281. The predicted octanol–water partition coefficient (Wildman–Crippen LogP) is -14.1. The van der Waals surface area contributed by atoms with E-state index in [0.29, 0.717) is 0 Å². The van der Waals surface area contributed by atoms with Gasteiger partial charge in [-0.25, -0.2) is 4.79 Å². The van der Waals surface area contributed by atoms with Gasteiger partial charge in [0.1, 0.15) is 96.7 Å². The van der Waals surface area contributed by atoms with Gasteiger partial charge in [0.15, 0.2) is 6.04 Å². The summed E-state index contributed by atoms with van der Waals surface area (Å²) < 4.78 is 0. The lowest BCUT2D eigenvalue weighted by Crippen LogP contribution is -2.63. The summed E-state index contributed by atoms with van der Waals surface area (Å²) in [5, 5.41) is 133. The van der Waals surface area contributed by atoms with Crippen LogP contribution in [0.4, 0.5) is 0 Å². The summed E-state index contributed by atoms with van der Waals surface area (Å²) in [6, 6.07) is -29.3. The Balaban J connectivity index is 3.12. The molecule has 20 amide bonds. The number of hydrogen-bond acceptors (Lipinski definition) is 30. The molecule has 1 aliphatic rings. The number of carboxylic acids is 1. The van der Waals surface area contributed by atoms with Crippen LogP contribution < -0.4 is 107 Å². The Morgan fingerprint density at radius 1 is 0.336 bits per heavy atom. The number of rotatable bonds is 55. The highest BCUT2D eigenvalue weighted by atomic mass is 16.4. The molecule has 0 saturated carbocycles. The number of aliphatic hydroxyl groups excluding tert-OH is 8. The van der Waals surface area contributed by atoms with Gasteiger partial charge in [0, 0.05) is 13.0 Å². The van der Waals surface area contributed by atoms with Gasteiger partial charge < -0.3 is 158 Å². The van der Waals surface area contributed by atoms with Crippen molar-refractivity contribution in [3.05, 3.63) is 0 Å². The van der Waals surface area contributed by atoms with Gasteiger partial charge in [-0.2, -0.15) is 0 Å². The molecule has 0 unspecified atom stereocenters. The maximum Gasteiger partial charge on any atom is 0.328 e. The number of amides is 20. The third kappa shape index (κ3) is 37.8. The minimum atomic E-state index is -2.04. The quantitative estimate of drug-likeness (QED) is 0.0269. The number of carbonyl (C=O) groups excluding carboxylic acids is 20. The molecule has 0 aromatic rings. The van der Waals surface area contributed by atoms with Crippen molar-refractivity contribution in [2.75, 3.05) is 46.1 Å². The minimum Gasteiger partial charge on any atom is -0.480 e. The molecule has 51 nitrogen and oxygen atoms in total. The van der Waals surface area contributed by atoms with Crippen LogP contribution in [-0.4, -0.2) is 354 Å². The lowest BCUT2D eigenvalue weighted by atomic mass is 9.98. The lowest BCUT2D eigenvalue weighted by molar-refractivity contribution is -0.145. The molecule has 1 saturated heterocycles. The van der Waals surface area contributed by atoms with Crippen molar-refractivity contribution >= 4 is 124 Å². The maximum absolute atomic E-state index is 14.4. The zero-order valence-electron chi connectivity index (χ0n) is 74.8. The number of hydrogen-bond donors (Lipinski definition) is 29. The summed E-state index contributed by atoms with van der Waals surface area (Å²) in [5.41, 5.74) is 11.1. The topological polar surface area (TPSA) is 812 Å². The van der Waals surface area contributed by atoms with Crippen molar-refractivity contribution in [2.45, 2.75) is 283 Å². The number of aliphatic hydroxyl groups is 8. The largest absolute Gasteiger partial charge is 0.480 e. The van der Waals surface area contributed by atoms with E-state index < -0.39 is 333 Å². The zero-order valence-corrected chi connectivity index (χ0v) is 74.8. The Bertz CT molecular complexity index is 3870. The Morgan fingerprint density at radius 2 is 0.648 bits per heavy atom. The van der Waals surface area contributed by atoms with E-state index in [4.69, 9.17) is 11.5 Å². The second-order valence-corrected chi connectivity index (χ2v) is 32.9. The van der Waals surface area contributed by atoms with Crippen LogP contribution in [0.25, 0.3) is 0 Å². The molecule has 0 spiro atoms. The van der Waals surface area contributed by atoms with E-state index in [2.05, 4.69) is 79.8 Å². The van der Waals surface area contributed by atoms with E-state index in [1.165, 1.54) is 41.5 Å². The van der Waals surface area contributed by atoms with Crippen LogP contribution in [0.2, 0.25) is 0 Å². The SMILES string of the molecule is CC(C)C[C@H](NC(=O)[C@@H](NC(=O)[C@@H](NC(=O)[C@H](C)N)C(C)C)C(C)C)C(=O)N[C@H](C(=O)N[C@@H](CCC(N)=O)C(=O)N[C@H](C(=O)N1CCC[C@H]1C(=O)N[C@@H](CO)C(=O)N[C@@H](CO)C(=O)N[C@@H](CO)C(=O)N[C@@H](CO)C(=O)N[C@@H](C)C(=O)N[C@@H](C)C(=O)N[C@H](C(=O)NCC(=O)NCC(=O)N[C@H](C(=O)N[C@H](C(=O)N[C@H](C(=O)O)[C@@H](C)O)C(C)C)[C@@H](C)O)C(C)C)[C@@H](C)O)[C@@H](C)O. The molecule has 0 aromatic carbocycles. The van der Waals surface area contributed by atoms with Crippen molar-refractivity contribution in [1.29, 1.82) is 0 Å². The number of carbonyl (C=O) groups is 21. The van der Waals surface area contributed by atoms with Crippen LogP contribution in [0, 0.1) is 29.6 Å². The second-order valence-electron chi connectivity index (χ2n) is 32.9. The molecule has 726 valence electrons. The van der Waals surface area contributed by atoms with E-state index in [-0.39, 0.29) is 31.7 Å². The van der Waals surface area contributed by atoms with Crippen molar-refractivity contribution in [3.8, 4) is 0 Å². The number of likely N-dealkylation sites (tertiary alicyclic amines) is 1. The molecule has 128 heavy (non-hydrogen) atoms. The highest BCUT2D eigenvalue weighted by molar-refractivity contribution is 6.02. The molecule has 0 aliphatic carbocycles. The fourth-order valence-corrected chi connectivity index (χ4v) is 12.2. The average molecular weight is 1830 g/mol. The summed E-state index contributed by atoms with van der Waals surface area (Å²) in [6.45, 7) is 17.2. The van der Waals surface area contributed by atoms with Gasteiger partial charge in [-0.15, -0.1) is 0 Å². The molecule has 22 atom stereocenters. The number of nitrogens with zero attached hydrogens (tertiary/aromatic N) is 1. The Morgan fingerprint density at radius 3 is 1.05 bits per heavy atom. The lowest BCUT2D eigenvalue weighted by Gasteiger charge is -2.32. The molecular formula is C77H133N21O30. The molecule has 51 heteroatoms. The highest BCUT2D eigenvalue weighted by Crippen LogP contribution is 2.21. The van der Waals surface area contributed by atoms with Gasteiger partial charge in [0.2, 0.25) is 118 Å². The van der Waals surface area contributed by atoms with Gasteiger partial charge in [0.25, 0.3) is 0 Å². The van der Waals surface area contributed by atoms with Crippen LogP contribution >= 0.6 is 0 Å². The molecular weight excluding hydrogens is 1700 g/mol. The highest BCUT2D eigenvalue weighted by Gasteiger charge is 2.44. The zero-order chi connectivity index (χ0) is 98.5. The third-order valence-electron chi connectivity index (χ3n) is 19.8. The van der Waals surface area contributed by atoms with Crippen LogP contribution in [0.3, 0.4) is 0 Å². The fraction of sp³-hybridized carbons (Fsp3) is 0.727. The molecule has 1 rings (SSSR count). The second kappa shape index (κ2) is 55.3. The molecule has 31 N–H and O–H groups in total. The minimum absolute atomic E-state index is 0.0680. The van der Waals surface area contributed by atoms with Gasteiger partial charge in [0.05, 0.1) is 70.0 Å². The molecule has 1 heterocycles. The van der Waals surface area contributed by atoms with E-state index in [1.807, 2.05) is 16.0 Å². The molecule has 1 fully saturated rings. The van der Waals surface area contributed by atoms with Gasteiger partial charge in [-0.05, 0) is 104 Å². The van der Waals surface area contributed by atoms with Crippen molar-refractivity contribution in [2.24, 2.45) is 41.1 Å². The molecule has 0 radical (unpaired) electrons. The predicted molar refractivity (Wildman–Crippen MR) is 447 cm³/mol. The number of primary amides is 1. The van der Waals surface area contributed by atoms with Crippen molar-refractivity contribution in [3.63, 3.8) is 0 Å². The van der Waals surface area contributed by atoms with Crippen molar-refractivity contribution < 1.29 is 147 Å². The first-order valence-corrected chi connectivity index (χ1v) is 41.6. The fourth-order valence-electron chi connectivity index (χ4n) is 12.2. The van der Waals surface area contributed by atoms with Crippen molar-refractivity contribution in [1.82, 2.24) is 101 Å². The smallest absolute Gasteiger partial charge is 0.328 e. The monoisotopic (exact) mass is 1830 g/mol. The van der Waals surface area contributed by atoms with E-state index in [9.17, 15) is 147 Å². The average Bonchev–Trinajstić information content (AvgIpc) is 1.65. The number of nitrogens with two attached hydrogens (primary N) is 2. The first-order valence-electron chi connectivity index (χ1n) is 41.6. The Labute approximate surface area is 738 Å². The van der Waals surface area contributed by atoms with Gasteiger partial charge in [-0.1, -0.05) is 69.2 Å². The van der Waals surface area contributed by atoms with Crippen LogP contribution in [-0.2, 0) is 101 Å². The van der Waals surface area contributed by atoms with E-state index in [0.717, 1.165) is 39.5 Å². The summed E-state index contributed by atoms with van der Waals surface area (Å²) >= 11 is 0. The summed E-state index contributed by atoms with van der Waals surface area (Å²) in [6.07, 6.45) is -7.98. The van der Waals surface area contributed by atoms with E-state index in [1.54, 1.807) is 41.5 Å². The number of nitrogens with one attached hydrogen (secondary N) is 18. The molecule has 1 aliphatic heterocycles. The molecule has 0 aromatic heterocycles. The first kappa shape index (κ1) is 115. The Hall–Kier alpha value is -11.5. The number of aliphatic carboxylic acids is 1. The standard InChI is InChI=1S/C77H133N21O30/c1-30(2)23-43(85-71(121)53(32(5)6)93-72(122)54(33(7)8)91-60(110)35(11)78)64(114)95-57(39(15)104)74(124)84-42(20-21-49(79)107)63(113)96-58(40(16)105)76(126)98-22-18-19-48(98)69(119)89-47(29-102)68(118)88-46(28-101)67(117)87-45(27-100)66(116)86-44(26-99)65(115)83-36(12)61(111)82-37(13)62(112)92-52(31(3)4)70(120)81-24-50(108)80-25-51(109)90-56(38(14)103)75(125)94-55(34(9)10)73(123)97-59(41(17)106)77(127)128/h30-48,52-59,99-106H,18-29,78H2,1-17H3,(H2,79,107)(H,80,108)(H,81,120)(H,82,111)(H,83,115)(H,84,124)(H,85,121)(H,86,116)(H,87,117)(H,88,118)(H,89,119)(H,90,109)(H,91,110)(H,92,112)(H,93,122)(H,94,125)(H,95,114)(H,96,113)(H,97,123)(H,127,128)/t35-,36-,37-,38+,39+,40+,41+,42-,43-,44-,45-,46-,47-,48-,52-,53-,54-,55-,56-,57-,58-,59-/m0/s1. The van der Waals surface area contributed by atoms with E-state index >= 15 is 0 Å². The summed E-state index contributed by atoms with van der Waals surface area (Å²) in [5.74, 6) is -25.7. The van der Waals surface area contributed by atoms with Gasteiger partial charge in [-0.3, -0.25) is 95.9 Å². The normalized spacial score (nSPS) is 17.5. The molecule has 0 bridgehead atoms. The number of carboxylic acid groups (broad SMARTS) is 1. The first-order chi connectivity index (χ1) is 59.4. The van der Waals surface area contributed by atoms with Crippen LogP contribution in [0.15, 0.2) is 0 Å². The Kier molecular flexibility index (Phi) is 49.5. The third-order valence-corrected chi connectivity index (χ3v) is 19.8. The van der Waals surface area contributed by atoms with Crippen LogP contribution in [0.5, 0.6) is 0 Å². The van der Waals surface area contributed by atoms with Gasteiger partial charge >= 0.3 is 5.97 Å². The summed E-state index contributed by atoms with van der Waals surface area (Å²) in [7, 11) is 0. The van der Waals surface area contributed by atoms with Crippen LogP contribution in [0.1, 0.15) is 150 Å².